The van der Waals surface area contributed by atoms with E-state index in [1.54, 1.807) is 0 Å². The first-order valence-electron chi connectivity index (χ1n) is 10.9. The first-order chi connectivity index (χ1) is 13.7. The molecular formula is C26H34N2. The average Bonchev–Trinajstić information content (AvgIpc) is 3.17. The molecule has 0 bridgehead atoms. The Labute approximate surface area is 170 Å². The lowest BCUT2D eigenvalue weighted by molar-refractivity contribution is 0.632. The Morgan fingerprint density at radius 3 is 2.36 bits per heavy atom. The zero-order chi connectivity index (χ0) is 19.8. The third-order valence-corrected chi connectivity index (χ3v) is 5.52. The molecule has 148 valence electrons. The van der Waals surface area contributed by atoms with E-state index in [-0.39, 0.29) is 0 Å². The van der Waals surface area contributed by atoms with Crippen LogP contribution in [0, 0.1) is 0 Å². The molecule has 0 amide bonds. The van der Waals surface area contributed by atoms with Crippen LogP contribution in [0.1, 0.15) is 81.3 Å². The summed E-state index contributed by atoms with van der Waals surface area (Å²) in [4.78, 5) is 8.28. The molecule has 0 radical (unpaired) electrons. The maximum absolute atomic E-state index is 4.69. The highest BCUT2D eigenvalue weighted by Gasteiger charge is 2.11. The fraction of sp³-hybridized carbons (Fsp3) is 0.423. The number of nitrogens with one attached hydrogen (secondary N) is 1. The number of aromatic nitrogens is 2. The number of unbranched alkanes of at least 4 members (excludes halogenated alkanes) is 4. The lowest BCUT2D eigenvalue weighted by atomic mass is 9.95. The summed E-state index contributed by atoms with van der Waals surface area (Å²) in [5.41, 5.74) is 6.64. The number of hydrogen-bond acceptors (Lipinski definition) is 1. The molecule has 0 atom stereocenters. The quantitative estimate of drug-likeness (QED) is 0.370. The number of imidazole rings is 1. The molecule has 0 unspecified atom stereocenters. The predicted octanol–water partition coefficient (Wildman–Crippen LogP) is 7.30. The van der Waals surface area contributed by atoms with E-state index < -0.39 is 0 Å². The van der Waals surface area contributed by atoms with Crippen molar-refractivity contribution in [3.63, 3.8) is 0 Å². The summed E-state index contributed by atoms with van der Waals surface area (Å²) >= 11 is 0. The molecule has 0 fully saturated rings. The molecule has 1 aromatic heterocycles. The lowest BCUT2D eigenvalue weighted by Crippen LogP contribution is -1.98. The first-order valence-corrected chi connectivity index (χ1v) is 10.9. The summed E-state index contributed by atoms with van der Waals surface area (Å²) in [5, 5.41) is 0. The van der Waals surface area contributed by atoms with Crippen molar-refractivity contribution < 1.29 is 0 Å². The van der Waals surface area contributed by atoms with Crippen molar-refractivity contribution in [3.05, 3.63) is 77.2 Å². The molecule has 1 N–H and O–H groups in total. The topological polar surface area (TPSA) is 28.7 Å². The van der Waals surface area contributed by atoms with Gasteiger partial charge in [-0.25, -0.2) is 4.98 Å². The van der Waals surface area contributed by atoms with Gasteiger partial charge in [-0.2, -0.15) is 0 Å². The molecule has 0 aliphatic carbocycles. The molecule has 28 heavy (non-hydrogen) atoms. The van der Waals surface area contributed by atoms with E-state index in [0.717, 1.165) is 24.4 Å². The number of nitrogens with zero attached hydrogens (tertiary/aromatic N) is 1. The summed E-state index contributed by atoms with van der Waals surface area (Å²) in [7, 11) is 0. The highest BCUT2D eigenvalue weighted by atomic mass is 14.9. The van der Waals surface area contributed by atoms with Gasteiger partial charge in [0, 0.05) is 12.0 Å². The largest absolute Gasteiger partial charge is 0.342 e. The van der Waals surface area contributed by atoms with Crippen molar-refractivity contribution >= 4 is 0 Å². The van der Waals surface area contributed by atoms with Crippen molar-refractivity contribution in [3.8, 4) is 11.3 Å². The van der Waals surface area contributed by atoms with Gasteiger partial charge in [0.15, 0.2) is 0 Å². The summed E-state index contributed by atoms with van der Waals surface area (Å²) in [6.45, 7) is 6.77. The Balaban J connectivity index is 1.72. The Kier molecular flexibility index (Phi) is 7.47. The average molecular weight is 375 g/mol. The second-order valence-corrected chi connectivity index (χ2v) is 8.10. The predicted molar refractivity (Wildman–Crippen MR) is 120 cm³/mol. The van der Waals surface area contributed by atoms with Crippen LogP contribution in [0.2, 0.25) is 0 Å². The third kappa shape index (κ3) is 5.34. The van der Waals surface area contributed by atoms with Crippen molar-refractivity contribution in [2.45, 2.75) is 71.6 Å². The molecule has 0 saturated carbocycles. The molecule has 2 aromatic carbocycles. The number of aromatic amines is 1. The SMILES string of the molecule is CCCCCCCc1ccccc1-c1cnc(Cc2ccccc2C(C)C)[nH]1. The van der Waals surface area contributed by atoms with Crippen LogP contribution in [-0.4, -0.2) is 9.97 Å². The molecule has 1 heterocycles. The molecule has 3 rings (SSSR count). The second kappa shape index (κ2) is 10.3. The maximum Gasteiger partial charge on any atom is 0.110 e. The molecule has 2 heteroatoms. The van der Waals surface area contributed by atoms with E-state index >= 15 is 0 Å². The molecule has 2 nitrogen and oxygen atoms in total. The van der Waals surface area contributed by atoms with Crippen molar-refractivity contribution in [2.75, 3.05) is 0 Å². The normalized spacial score (nSPS) is 11.3. The molecule has 3 aromatic rings. The van der Waals surface area contributed by atoms with Gasteiger partial charge in [-0.05, 0) is 35.4 Å². The fourth-order valence-corrected chi connectivity index (χ4v) is 3.95. The van der Waals surface area contributed by atoms with Crippen LogP contribution in [0.15, 0.2) is 54.7 Å². The smallest absolute Gasteiger partial charge is 0.110 e. The first kappa shape index (κ1) is 20.4. The molecule has 0 aliphatic rings. The Morgan fingerprint density at radius 1 is 0.857 bits per heavy atom. The van der Waals surface area contributed by atoms with Gasteiger partial charge < -0.3 is 4.98 Å². The number of aryl methyl sites for hydroxylation is 1. The lowest BCUT2D eigenvalue weighted by Gasteiger charge is -2.11. The highest BCUT2D eigenvalue weighted by Crippen LogP contribution is 2.26. The van der Waals surface area contributed by atoms with E-state index in [1.165, 1.54) is 54.4 Å². The standard InChI is InChI=1S/C26H34N2/c1-4-5-6-7-8-13-21-14-9-12-17-24(21)25-19-27-26(28-25)18-22-15-10-11-16-23(22)20(2)3/h9-12,14-17,19-20H,4-8,13,18H2,1-3H3,(H,27,28). The molecule has 0 aliphatic heterocycles. The van der Waals surface area contributed by atoms with Crippen molar-refractivity contribution in [1.82, 2.24) is 9.97 Å². The second-order valence-electron chi connectivity index (χ2n) is 8.10. The van der Waals surface area contributed by atoms with E-state index in [1.807, 2.05) is 6.20 Å². The molecular weight excluding hydrogens is 340 g/mol. The summed E-state index contributed by atoms with van der Waals surface area (Å²) < 4.78 is 0. The van der Waals surface area contributed by atoms with Crippen LogP contribution in [-0.2, 0) is 12.8 Å². The van der Waals surface area contributed by atoms with E-state index in [9.17, 15) is 0 Å². The van der Waals surface area contributed by atoms with Crippen LogP contribution in [0.5, 0.6) is 0 Å². The van der Waals surface area contributed by atoms with Crippen LogP contribution in [0.3, 0.4) is 0 Å². The highest BCUT2D eigenvalue weighted by molar-refractivity contribution is 5.63. The molecule has 0 saturated heterocycles. The van der Waals surface area contributed by atoms with Crippen LogP contribution < -0.4 is 0 Å². The van der Waals surface area contributed by atoms with E-state index in [0.29, 0.717) is 5.92 Å². The van der Waals surface area contributed by atoms with E-state index in [4.69, 9.17) is 4.98 Å². The van der Waals surface area contributed by atoms with Gasteiger partial charge in [0.2, 0.25) is 0 Å². The van der Waals surface area contributed by atoms with E-state index in [2.05, 4.69) is 74.3 Å². The monoisotopic (exact) mass is 374 g/mol. The minimum atomic E-state index is 0.527. The third-order valence-electron chi connectivity index (χ3n) is 5.52. The Hall–Kier alpha value is -2.35. The number of H-pyrrole nitrogens is 1. The van der Waals surface area contributed by atoms with Gasteiger partial charge in [-0.1, -0.05) is 95.0 Å². The summed E-state index contributed by atoms with van der Waals surface area (Å²) in [6, 6.07) is 17.5. The van der Waals surface area contributed by atoms with Crippen LogP contribution >= 0.6 is 0 Å². The van der Waals surface area contributed by atoms with Crippen LogP contribution in [0.25, 0.3) is 11.3 Å². The van der Waals surface area contributed by atoms with Gasteiger partial charge in [-0.15, -0.1) is 0 Å². The minimum Gasteiger partial charge on any atom is -0.342 e. The Morgan fingerprint density at radius 2 is 1.57 bits per heavy atom. The number of rotatable bonds is 10. The van der Waals surface area contributed by atoms with Crippen LogP contribution in [0.4, 0.5) is 0 Å². The Bertz CT molecular complexity index is 860. The van der Waals surface area contributed by atoms with Crippen molar-refractivity contribution in [1.29, 1.82) is 0 Å². The minimum absolute atomic E-state index is 0.527. The van der Waals surface area contributed by atoms with Gasteiger partial charge in [0.1, 0.15) is 5.82 Å². The molecule has 0 spiro atoms. The zero-order valence-electron chi connectivity index (χ0n) is 17.7. The number of hydrogen-bond donors (Lipinski definition) is 1. The maximum atomic E-state index is 4.69. The van der Waals surface area contributed by atoms with Crippen molar-refractivity contribution in [2.24, 2.45) is 0 Å². The van der Waals surface area contributed by atoms with Gasteiger partial charge in [-0.3, -0.25) is 0 Å². The number of benzene rings is 2. The summed E-state index contributed by atoms with van der Waals surface area (Å²) in [6.07, 6.45) is 10.6. The fourth-order valence-electron chi connectivity index (χ4n) is 3.95. The van der Waals surface area contributed by atoms with Gasteiger partial charge in [0.05, 0.1) is 11.9 Å². The summed E-state index contributed by atoms with van der Waals surface area (Å²) in [5.74, 6) is 1.57. The van der Waals surface area contributed by atoms with Gasteiger partial charge in [0.25, 0.3) is 0 Å². The van der Waals surface area contributed by atoms with Gasteiger partial charge >= 0.3 is 0 Å². The zero-order valence-corrected chi connectivity index (χ0v) is 17.7.